The van der Waals surface area contributed by atoms with Crippen molar-refractivity contribution in [1.29, 1.82) is 0 Å². The number of anilines is 1. The maximum atomic E-state index is 13.1. The molecule has 0 spiro atoms. The number of nitrogens with one attached hydrogen (secondary N) is 1. The van der Waals surface area contributed by atoms with Crippen LogP contribution >= 0.6 is 22.9 Å². The van der Waals surface area contributed by atoms with Crippen LogP contribution in [0.4, 0.5) is 11.4 Å². The number of thiophene rings is 1. The quantitative estimate of drug-likeness (QED) is 0.154. The largest absolute Gasteiger partial charge is 0.422 e. The number of carbonyl (C=O) groups is 2. The maximum absolute atomic E-state index is 13.1. The zero-order chi connectivity index (χ0) is 24.4. The van der Waals surface area contributed by atoms with Crippen LogP contribution in [0.2, 0.25) is 5.02 Å². The highest BCUT2D eigenvalue weighted by molar-refractivity contribution is 7.21. The van der Waals surface area contributed by atoms with Crippen molar-refractivity contribution in [2.45, 2.75) is 6.92 Å². The van der Waals surface area contributed by atoms with Crippen molar-refractivity contribution in [2.75, 3.05) is 5.32 Å². The monoisotopic (exact) mass is 498 g/mol. The van der Waals surface area contributed by atoms with Gasteiger partial charge in [-0.05, 0) is 47.2 Å². The van der Waals surface area contributed by atoms with Gasteiger partial charge in [-0.25, -0.2) is 4.79 Å². The van der Waals surface area contributed by atoms with Crippen molar-refractivity contribution in [3.63, 3.8) is 0 Å². The molecule has 0 atom stereocenters. The van der Waals surface area contributed by atoms with Crippen molar-refractivity contribution in [3.8, 4) is 5.75 Å². The molecule has 0 bridgehead atoms. The van der Waals surface area contributed by atoms with Gasteiger partial charge in [-0.1, -0.05) is 60.1 Å². The molecule has 0 unspecified atom stereocenters. The average molecular weight is 499 g/mol. The Balaban J connectivity index is 1.50. The smallest absolute Gasteiger partial charge is 0.355 e. The van der Waals surface area contributed by atoms with Crippen LogP contribution in [0, 0.1) is 0 Å². The third-order valence-electron chi connectivity index (χ3n) is 5.38. The molecule has 7 heteroatoms. The Bertz CT molecular complexity index is 1610. The number of fused-ring (bicyclic) bond motifs is 2. The lowest BCUT2D eigenvalue weighted by Crippen LogP contribution is -2.09. The Labute approximate surface area is 210 Å². The van der Waals surface area contributed by atoms with Gasteiger partial charge in [-0.15, -0.1) is 11.3 Å². The summed E-state index contributed by atoms with van der Waals surface area (Å²) in [6, 6.07) is 26.3. The average Bonchev–Trinajstić information content (AvgIpc) is 3.20. The summed E-state index contributed by atoms with van der Waals surface area (Å²) in [6.45, 7) is 1.46. The van der Waals surface area contributed by atoms with E-state index in [2.05, 4.69) is 10.3 Å². The van der Waals surface area contributed by atoms with Crippen molar-refractivity contribution in [2.24, 2.45) is 4.99 Å². The molecule has 0 radical (unpaired) electrons. The lowest BCUT2D eigenvalue weighted by molar-refractivity contribution is -0.114. The second-order valence-electron chi connectivity index (χ2n) is 7.82. The van der Waals surface area contributed by atoms with Gasteiger partial charge < -0.3 is 10.1 Å². The Morgan fingerprint density at radius 1 is 0.914 bits per heavy atom. The van der Waals surface area contributed by atoms with Gasteiger partial charge in [-0.2, -0.15) is 0 Å². The van der Waals surface area contributed by atoms with E-state index < -0.39 is 5.97 Å². The summed E-state index contributed by atoms with van der Waals surface area (Å²) in [6.07, 6.45) is 1.69. The third-order valence-corrected chi connectivity index (χ3v) is 7.04. The first kappa shape index (κ1) is 22.8. The van der Waals surface area contributed by atoms with Gasteiger partial charge in [0.05, 0.1) is 10.7 Å². The molecule has 5 aromatic rings. The lowest BCUT2D eigenvalue weighted by Gasteiger charge is -2.10. The van der Waals surface area contributed by atoms with E-state index in [0.29, 0.717) is 32.6 Å². The first-order chi connectivity index (χ1) is 17.0. The van der Waals surface area contributed by atoms with Crippen molar-refractivity contribution in [3.05, 3.63) is 100 Å². The van der Waals surface area contributed by atoms with Crippen molar-refractivity contribution in [1.82, 2.24) is 0 Å². The molecule has 172 valence electrons. The highest BCUT2D eigenvalue weighted by Crippen LogP contribution is 2.36. The lowest BCUT2D eigenvalue weighted by atomic mass is 10.0. The fraction of sp³-hybridized carbons (Fsp3) is 0.0357. The predicted octanol–water partition coefficient (Wildman–Crippen LogP) is 7.64. The molecule has 1 N–H and O–H groups in total. The number of hydrogen-bond acceptors (Lipinski definition) is 5. The zero-order valence-electron chi connectivity index (χ0n) is 18.6. The van der Waals surface area contributed by atoms with E-state index in [-0.39, 0.29) is 5.91 Å². The summed E-state index contributed by atoms with van der Waals surface area (Å²) in [7, 11) is 0. The molecule has 0 aliphatic heterocycles. The molecule has 5 rings (SSSR count). The van der Waals surface area contributed by atoms with E-state index in [1.54, 1.807) is 36.5 Å². The number of amides is 1. The first-order valence-electron chi connectivity index (χ1n) is 10.8. The van der Waals surface area contributed by atoms with Crippen molar-refractivity contribution >= 4 is 73.3 Å². The molecular formula is C28H19ClN2O3S. The van der Waals surface area contributed by atoms with E-state index in [4.69, 9.17) is 16.3 Å². The second kappa shape index (κ2) is 9.70. The van der Waals surface area contributed by atoms with Crippen LogP contribution < -0.4 is 10.1 Å². The molecule has 0 aliphatic carbocycles. The summed E-state index contributed by atoms with van der Waals surface area (Å²) in [5.74, 6) is -0.260. The molecule has 4 aromatic carbocycles. The van der Waals surface area contributed by atoms with E-state index in [1.807, 2.05) is 54.6 Å². The van der Waals surface area contributed by atoms with Gasteiger partial charge in [0.1, 0.15) is 10.6 Å². The highest BCUT2D eigenvalue weighted by Gasteiger charge is 2.20. The standard InChI is InChI=1S/C28H19ClN2O3S/c1-17(32)31-20-13-11-19(12-14-20)30-16-23-21-7-3-2-6-18(21)10-15-24(23)34-28(33)27-26(29)22-8-4-5-9-25(22)35-27/h2-16H,1H3,(H,31,32). The number of nitrogens with zero attached hydrogens (tertiary/aromatic N) is 1. The van der Waals surface area contributed by atoms with Crippen molar-refractivity contribution < 1.29 is 14.3 Å². The molecule has 0 aliphatic rings. The zero-order valence-corrected chi connectivity index (χ0v) is 20.2. The Morgan fingerprint density at radius 2 is 1.63 bits per heavy atom. The fourth-order valence-corrected chi connectivity index (χ4v) is 5.15. The topological polar surface area (TPSA) is 67.8 Å². The van der Waals surface area contributed by atoms with Gasteiger partial charge in [0, 0.05) is 34.5 Å². The number of halogens is 1. The fourth-order valence-electron chi connectivity index (χ4n) is 3.76. The molecule has 35 heavy (non-hydrogen) atoms. The van der Waals surface area contributed by atoms with Gasteiger partial charge in [0.25, 0.3) is 0 Å². The number of aliphatic imine (C=N–C) groups is 1. The number of carbonyl (C=O) groups excluding carboxylic acids is 2. The molecular weight excluding hydrogens is 480 g/mol. The minimum Gasteiger partial charge on any atom is -0.422 e. The maximum Gasteiger partial charge on any atom is 0.355 e. The Hall–Kier alpha value is -4.00. The predicted molar refractivity (Wildman–Crippen MR) is 144 cm³/mol. The molecule has 1 aromatic heterocycles. The molecule has 0 saturated heterocycles. The summed E-state index contributed by atoms with van der Waals surface area (Å²) in [5.41, 5.74) is 2.06. The van der Waals surface area contributed by atoms with E-state index >= 15 is 0 Å². The third kappa shape index (κ3) is 4.80. The van der Waals surface area contributed by atoms with Crippen LogP contribution in [0.3, 0.4) is 0 Å². The van der Waals surface area contributed by atoms with Gasteiger partial charge in [0.2, 0.25) is 5.91 Å². The normalized spacial score (nSPS) is 11.3. The molecule has 0 saturated carbocycles. The van der Waals surface area contributed by atoms with Crippen LogP contribution in [0.5, 0.6) is 5.75 Å². The number of ether oxygens (including phenoxy) is 1. The van der Waals surface area contributed by atoms with E-state index in [1.165, 1.54) is 18.3 Å². The van der Waals surface area contributed by atoms with E-state index in [9.17, 15) is 9.59 Å². The van der Waals surface area contributed by atoms with Gasteiger partial charge in [-0.3, -0.25) is 9.79 Å². The minimum absolute atomic E-state index is 0.137. The molecule has 1 heterocycles. The summed E-state index contributed by atoms with van der Waals surface area (Å²) in [5, 5.41) is 5.85. The summed E-state index contributed by atoms with van der Waals surface area (Å²) >= 11 is 7.80. The number of rotatable bonds is 5. The van der Waals surface area contributed by atoms with Gasteiger partial charge in [0.15, 0.2) is 0 Å². The Kier molecular flexibility index (Phi) is 6.31. The first-order valence-corrected chi connectivity index (χ1v) is 12.0. The number of esters is 1. The number of benzene rings is 4. The summed E-state index contributed by atoms with van der Waals surface area (Å²) < 4.78 is 6.77. The van der Waals surface area contributed by atoms with Gasteiger partial charge >= 0.3 is 5.97 Å². The summed E-state index contributed by atoms with van der Waals surface area (Å²) in [4.78, 5) is 29.3. The molecule has 5 nitrogen and oxygen atoms in total. The Morgan fingerprint density at radius 3 is 2.37 bits per heavy atom. The van der Waals surface area contributed by atoms with Crippen LogP contribution in [0.15, 0.2) is 89.9 Å². The second-order valence-corrected chi connectivity index (χ2v) is 9.25. The van der Waals surface area contributed by atoms with E-state index in [0.717, 1.165) is 20.9 Å². The highest BCUT2D eigenvalue weighted by atomic mass is 35.5. The van der Waals surface area contributed by atoms with Crippen LogP contribution in [0.1, 0.15) is 22.2 Å². The number of hydrogen-bond donors (Lipinski definition) is 1. The van der Waals surface area contributed by atoms with Crippen LogP contribution in [-0.4, -0.2) is 18.1 Å². The molecule has 0 fully saturated rings. The van der Waals surface area contributed by atoms with Crippen LogP contribution in [0.25, 0.3) is 20.9 Å². The SMILES string of the molecule is CC(=O)Nc1ccc(N=Cc2c(OC(=O)c3sc4ccccc4c3Cl)ccc3ccccc23)cc1. The molecule has 1 amide bonds. The van der Waals surface area contributed by atoms with Crippen LogP contribution in [-0.2, 0) is 4.79 Å². The minimum atomic E-state index is -0.513.